The lowest BCUT2D eigenvalue weighted by atomic mass is 10.1. The molecule has 0 heterocycles. The normalized spacial score (nSPS) is 9.88. The highest BCUT2D eigenvalue weighted by Gasteiger charge is 2.16. The molecule has 0 spiro atoms. The Labute approximate surface area is 398 Å². The molecule has 0 bridgehead atoms. The molecule has 3 amide bonds. The number of benzene rings is 4. The highest BCUT2D eigenvalue weighted by molar-refractivity contribution is 5.84. The molecule has 0 saturated heterocycles. The van der Waals surface area contributed by atoms with Gasteiger partial charge in [-0.3, -0.25) is 28.8 Å². The number of carbonyl (C=O) groups is 6. The Morgan fingerprint density at radius 3 is 0.853 bits per heavy atom. The van der Waals surface area contributed by atoms with Crippen LogP contribution in [-0.2, 0) is 28.8 Å². The van der Waals surface area contributed by atoms with Crippen LogP contribution in [0, 0.1) is 0 Å². The summed E-state index contributed by atoms with van der Waals surface area (Å²) in [4.78, 5) is 75.2. The van der Waals surface area contributed by atoms with Crippen LogP contribution in [0.1, 0.15) is 38.5 Å². The average molecular weight is 928 g/mol. The molecule has 4 rings (SSSR count). The standard InChI is InChI=1S/C32H36N2O6.C12H10O2.C10H15NO3/c1-5-21-33(22-6-2)29(35)17-19-31(37)39-27-13-9-25(10-14-27)26-11-15-28(16-12-26)40-32(38)20-18-30(36)34(23-7-3)24-8-4;13-11-5-1-9(2-6-11)10-3-7-12(14)8-4-10;1-3-7-11(8-4-2)9(12)5-6-10(13)14/h5-16H,1-4,17-24H2;1-8,13-14H;3-4H,1-2,5-8H2,(H,13,14). The van der Waals surface area contributed by atoms with Crippen LogP contribution >= 0.6 is 0 Å². The van der Waals surface area contributed by atoms with Crippen molar-refractivity contribution in [3.63, 3.8) is 0 Å². The highest BCUT2D eigenvalue weighted by Crippen LogP contribution is 2.26. The summed E-state index contributed by atoms with van der Waals surface area (Å²) < 4.78 is 10.7. The van der Waals surface area contributed by atoms with E-state index in [1.54, 1.807) is 119 Å². The van der Waals surface area contributed by atoms with Gasteiger partial charge in [-0.15, -0.1) is 39.5 Å². The number of phenols is 2. The number of esters is 2. The summed E-state index contributed by atoms with van der Waals surface area (Å²) in [5.74, 6) is -1.24. The SMILES string of the molecule is C=CCN(CC=C)C(=O)CCC(=O)O.C=CCN(CC=C)C(=O)CCC(=O)Oc1ccc(-c2ccc(OC(=O)CCC(=O)N(CC=C)CC=C)cc2)cc1.Oc1ccc(-c2ccc(O)cc2)cc1. The van der Waals surface area contributed by atoms with E-state index < -0.39 is 17.9 Å². The third kappa shape index (κ3) is 21.6. The molecule has 0 fully saturated rings. The second-order valence-corrected chi connectivity index (χ2v) is 14.6. The molecular formula is C54H61N3O11. The van der Waals surface area contributed by atoms with E-state index in [0.717, 1.165) is 22.3 Å². The Hall–Kier alpha value is -8.26. The summed E-state index contributed by atoms with van der Waals surface area (Å²) in [7, 11) is 0. The molecule has 0 aliphatic carbocycles. The van der Waals surface area contributed by atoms with Gasteiger partial charge < -0.3 is 39.5 Å². The third-order valence-corrected chi connectivity index (χ3v) is 9.37. The topological polar surface area (TPSA) is 191 Å². The number of hydrogen-bond acceptors (Lipinski definition) is 10. The zero-order chi connectivity index (χ0) is 50.3. The number of phenolic OH excluding ortho intramolecular Hbond substituents is 2. The predicted octanol–water partition coefficient (Wildman–Crippen LogP) is 8.94. The van der Waals surface area contributed by atoms with Gasteiger partial charge >= 0.3 is 17.9 Å². The van der Waals surface area contributed by atoms with Crippen molar-refractivity contribution in [1.82, 2.24) is 14.7 Å². The fraction of sp³-hybridized carbons (Fsp3) is 0.222. The van der Waals surface area contributed by atoms with Crippen molar-refractivity contribution >= 4 is 35.6 Å². The molecule has 0 saturated carbocycles. The molecule has 0 radical (unpaired) electrons. The average Bonchev–Trinajstić information content (AvgIpc) is 3.33. The Balaban J connectivity index is 0.000000456. The number of rotatable bonds is 25. The van der Waals surface area contributed by atoms with Crippen LogP contribution in [-0.4, -0.2) is 105 Å². The van der Waals surface area contributed by atoms with Crippen molar-refractivity contribution < 1.29 is 53.6 Å². The number of nitrogens with zero attached hydrogens (tertiary/aromatic N) is 3. The van der Waals surface area contributed by atoms with Crippen molar-refractivity contribution in [3.05, 3.63) is 173 Å². The molecule has 14 heteroatoms. The fourth-order valence-corrected chi connectivity index (χ4v) is 5.98. The largest absolute Gasteiger partial charge is 0.508 e. The van der Waals surface area contributed by atoms with Gasteiger partial charge in [-0.1, -0.05) is 85.0 Å². The van der Waals surface area contributed by atoms with Crippen LogP contribution in [0.3, 0.4) is 0 Å². The monoisotopic (exact) mass is 927 g/mol. The molecule has 0 aliphatic rings. The molecule has 4 aromatic carbocycles. The number of carboxylic acid groups (broad SMARTS) is 1. The highest BCUT2D eigenvalue weighted by atomic mass is 16.5. The van der Waals surface area contributed by atoms with E-state index in [1.165, 1.54) is 4.90 Å². The van der Waals surface area contributed by atoms with Crippen LogP contribution in [0.2, 0.25) is 0 Å². The van der Waals surface area contributed by atoms with Crippen LogP contribution in [0.4, 0.5) is 0 Å². The quantitative estimate of drug-likeness (QED) is 0.0327. The molecular weight excluding hydrogens is 867 g/mol. The van der Waals surface area contributed by atoms with E-state index in [9.17, 15) is 28.8 Å². The number of aliphatic carboxylic acids is 1. The van der Waals surface area contributed by atoms with E-state index in [1.807, 2.05) is 24.3 Å². The van der Waals surface area contributed by atoms with Crippen LogP contribution in [0.15, 0.2) is 173 Å². The third-order valence-electron chi connectivity index (χ3n) is 9.37. The van der Waals surface area contributed by atoms with E-state index in [2.05, 4.69) is 39.5 Å². The maximum Gasteiger partial charge on any atom is 0.311 e. The van der Waals surface area contributed by atoms with Crippen LogP contribution < -0.4 is 9.47 Å². The second-order valence-electron chi connectivity index (χ2n) is 14.6. The van der Waals surface area contributed by atoms with Gasteiger partial charge in [0.2, 0.25) is 17.7 Å². The van der Waals surface area contributed by atoms with E-state index >= 15 is 0 Å². The zero-order valence-electron chi connectivity index (χ0n) is 38.4. The first-order valence-electron chi connectivity index (χ1n) is 21.6. The number of hydrogen-bond donors (Lipinski definition) is 3. The predicted molar refractivity (Wildman–Crippen MR) is 265 cm³/mol. The van der Waals surface area contributed by atoms with Gasteiger partial charge in [0.15, 0.2) is 0 Å². The Morgan fingerprint density at radius 2 is 0.618 bits per heavy atom. The number of carbonyl (C=O) groups excluding carboxylic acids is 5. The minimum Gasteiger partial charge on any atom is -0.508 e. The van der Waals surface area contributed by atoms with E-state index in [4.69, 9.17) is 24.8 Å². The van der Waals surface area contributed by atoms with Gasteiger partial charge in [-0.2, -0.15) is 0 Å². The van der Waals surface area contributed by atoms with Crippen LogP contribution in [0.25, 0.3) is 22.3 Å². The second kappa shape index (κ2) is 31.6. The van der Waals surface area contributed by atoms with Gasteiger partial charge in [0.1, 0.15) is 23.0 Å². The molecule has 0 atom stereocenters. The summed E-state index contributed by atoms with van der Waals surface area (Å²) in [5.41, 5.74) is 3.77. The minimum atomic E-state index is -0.962. The molecule has 0 unspecified atom stereocenters. The van der Waals surface area contributed by atoms with Crippen molar-refractivity contribution in [2.24, 2.45) is 0 Å². The summed E-state index contributed by atoms with van der Waals surface area (Å²) in [6, 6.07) is 27.8. The zero-order valence-corrected chi connectivity index (χ0v) is 38.4. The van der Waals surface area contributed by atoms with Gasteiger partial charge in [0.05, 0.1) is 19.3 Å². The molecule has 0 aliphatic heterocycles. The summed E-state index contributed by atoms with van der Waals surface area (Å²) in [6.45, 7) is 23.9. The molecule has 0 aromatic heterocycles. The van der Waals surface area contributed by atoms with E-state index in [-0.39, 0.29) is 67.7 Å². The van der Waals surface area contributed by atoms with Gasteiger partial charge in [0, 0.05) is 58.5 Å². The fourth-order valence-electron chi connectivity index (χ4n) is 5.98. The number of carboxylic acids is 1. The number of aromatic hydroxyl groups is 2. The number of ether oxygens (including phenoxy) is 2. The van der Waals surface area contributed by atoms with Gasteiger partial charge in [-0.05, 0) is 70.8 Å². The Morgan fingerprint density at radius 1 is 0.382 bits per heavy atom. The van der Waals surface area contributed by atoms with E-state index in [0.29, 0.717) is 50.8 Å². The van der Waals surface area contributed by atoms with Crippen molar-refractivity contribution in [1.29, 1.82) is 0 Å². The Kier molecular flexibility index (Phi) is 26.0. The number of amides is 3. The summed E-state index contributed by atoms with van der Waals surface area (Å²) in [6.07, 6.45) is 9.57. The minimum absolute atomic E-state index is 0.0248. The Bertz CT molecular complexity index is 2140. The lowest BCUT2D eigenvalue weighted by molar-refractivity contribution is -0.140. The lowest BCUT2D eigenvalue weighted by Crippen LogP contribution is -2.31. The lowest BCUT2D eigenvalue weighted by Gasteiger charge is -2.18. The van der Waals surface area contributed by atoms with Gasteiger partial charge in [-0.25, -0.2) is 0 Å². The van der Waals surface area contributed by atoms with Crippen molar-refractivity contribution in [3.8, 4) is 45.3 Å². The molecule has 4 aromatic rings. The molecule has 14 nitrogen and oxygen atoms in total. The van der Waals surface area contributed by atoms with Crippen molar-refractivity contribution in [2.45, 2.75) is 38.5 Å². The summed E-state index contributed by atoms with van der Waals surface area (Å²) >= 11 is 0. The molecule has 3 N–H and O–H groups in total. The smallest absolute Gasteiger partial charge is 0.311 e. The maximum absolute atomic E-state index is 12.3. The summed E-state index contributed by atoms with van der Waals surface area (Å²) in [5, 5.41) is 26.6. The van der Waals surface area contributed by atoms with Crippen molar-refractivity contribution in [2.75, 3.05) is 39.3 Å². The van der Waals surface area contributed by atoms with Crippen LogP contribution in [0.5, 0.6) is 23.0 Å². The first-order valence-corrected chi connectivity index (χ1v) is 21.6. The first kappa shape index (κ1) is 55.9. The molecule has 358 valence electrons. The maximum atomic E-state index is 12.3. The first-order chi connectivity index (χ1) is 32.7. The molecule has 68 heavy (non-hydrogen) atoms. The van der Waals surface area contributed by atoms with Gasteiger partial charge in [0.25, 0.3) is 0 Å².